The van der Waals surface area contributed by atoms with Crippen LogP contribution in [0.2, 0.25) is 0 Å². The number of carbonyl (C=O) groups excluding carboxylic acids is 1. The Labute approximate surface area is 128 Å². The fourth-order valence-corrected chi connectivity index (χ4v) is 2.60. The first-order valence-electron chi connectivity index (χ1n) is 8.47. The molecule has 0 bridgehead atoms. The quantitative estimate of drug-likeness (QED) is 0.414. The van der Waals surface area contributed by atoms with Gasteiger partial charge in [0, 0.05) is 0 Å². The molecule has 120 valence electrons. The Morgan fingerprint density at radius 3 is 2.14 bits per heavy atom. The molecule has 0 spiro atoms. The van der Waals surface area contributed by atoms with Crippen LogP contribution in [0.5, 0.6) is 0 Å². The van der Waals surface area contributed by atoms with Crippen LogP contribution in [-0.4, -0.2) is 10.5 Å². The minimum Gasteiger partial charge on any atom is -0.546 e. The van der Waals surface area contributed by atoms with Gasteiger partial charge in [0.25, 0.3) is 0 Å². The van der Waals surface area contributed by atoms with Crippen molar-refractivity contribution < 1.29 is 14.5 Å². The Morgan fingerprint density at radius 2 is 1.57 bits per heavy atom. The van der Waals surface area contributed by atoms with E-state index in [1.165, 1.54) is 57.8 Å². The molecule has 0 fully saturated rings. The lowest BCUT2D eigenvalue weighted by atomic mass is 10.1. The highest BCUT2D eigenvalue weighted by Crippen LogP contribution is 2.10. The van der Waals surface area contributed by atoms with Crippen molar-refractivity contribution in [3.63, 3.8) is 0 Å². The van der Waals surface area contributed by atoms with Crippen molar-refractivity contribution in [2.45, 2.75) is 84.2 Å². The van der Waals surface area contributed by atoms with E-state index >= 15 is 0 Å². The lowest BCUT2D eigenvalue weighted by Crippen LogP contribution is -2.42. The van der Waals surface area contributed by atoms with E-state index in [2.05, 4.69) is 6.92 Å². The predicted octanol–water partition coefficient (Wildman–Crippen LogP) is 2.45. The van der Waals surface area contributed by atoms with Crippen LogP contribution in [0.3, 0.4) is 0 Å². The normalized spacial score (nSPS) is 10.9. The SMILES string of the molecule is CCCCCCCCCCCCn1cc[n+](CC(=O)[O-])c1. The third kappa shape index (κ3) is 9.27. The lowest BCUT2D eigenvalue weighted by Gasteiger charge is -2.01. The zero-order chi connectivity index (χ0) is 15.3. The first-order chi connectivity index (χ1) is 10.2. The molecule has 0 saturated carbocycles. The number of imidazole rings is 1. The molecule has 0 radical (unpaired) electrons. The molecule has 1 rings (SSSR count). The standard InChI is InChI=1S/C17H30N2O2/c1-2-3-4-5-6-7-8-9-10-11-12-18-13-14-19(16-18)15-17(20)21/h13-14,16H,2-12,15H2,1H3. The molecule has 0 aliphatic carbocycles. The number of carbonyl (C=O) groups is 1. The molecule has 0 aliphatic heterocycles. The fourth-order valence-electron chi connectivity index (χ4n) is 2.60. The summed E-state index contributed by atoms with van der Waals surface area (Å²) in [5.74, 6) is -1.04. The molecule has 0 N–H and O–H groups in total. The lowest BCUT2D eigenvalue weighted by molar-refractivity contribution is -0.690. The summed E-state index contributed by atoms with van der Waals surface area (Å²) in [5.41, 5.74) is 0. The summed E-state index contributed by atoms with van der Waals surface area (Å²) < 4.78 is 3.69. The largest absolute Gasteiger partial charge is 0.546 e. The molecular formula is C17H30N2O2. The number of carboxylic acid groups (broad SMARTS) is 1. The van der Waals surface area contributed by atoms with Gasteiger partial charge in [0.1, 0.15) is 18.9 Å². The van der Waals surface area contributed by atoms with Crippen LogP contribution in [0.25, 0.3) is 0 Å². The van der Waals surface area contributed by atoms with Crippen molar-refractivity contribution in [3.8, 4) is 0 Å². The second-order valence-corrected chi connectivity index (χ2v) is 5.88. The van der Waals surface area contributed by atoms with Crippen LogP contribution in [0.4, 0.5) is 0 Å². The van der Waals surface area contributed by atoms with Crippen molar-refractivity contribution in [2.24, 2.45) is 0 Å². The van der Waals surface area contributed by atoms with Crippen molar-refractivity contribution in [1.29, 1.82) is 0 Å². The van der Waals surface area contributed by atoms with Crippen molar-refractivity contribution in [3.05, 3.63) is 18.7 Å². The number of hydrogen-bond acceptors (Lipinski definition) is 2. The Kier molecular flexibility index (Phi) is 9.58. The van der Waals surface area contributed by atoms with Gasteiger partial charge in [-0.25, -0.2) is 9.13 Å². The van der Waals surface area contributed by atoms with Crippen LogP contribution in [0, 0.1) is 0 Å². The molecule has 0 aliphatic rings. The fraction of sp³-hybridized carbons (Fsp3) is 0.765. The average Bonchev–Trinajstić information content (AvgIpc) is 2.87. The van der Waals surface area contributed by atoms with Gasteiger partial charge in [0.05, 0.1) is 12.5 Å². The van der Waals surface area contributed by atoms with Crippen LogP contribution in [0.1, 0.15) is 71.1 Å². The monoisotopic (exact) mass is 294 g/mol. The summed E-state index contributed by atoms with van der Waals surface area (Å²) >= 11 is 0. The number of rotatable bonds is 13. The summed E-state index contributed by atoms with van der Waals surface area (Å²) in [5, 5.41) is 10.5. The van der Waals surface area contributed by atoms with E-state index in [-0.39, 0.29) is 6.54 Å². The smallest absolute Gasteiger partial charge is 0.244 e. The van der Waals surface area contributed by atoms with Crippen LogP contribution in [0.15, 0.2) is 18.7 Å². The van der Waals surface area contributed by atoms with Gasteiger partial charge in [0.2, 0.25) is 6.33 Å². The summed E-state index contributed by atoms with van der Waals surface area (Å²) in [6.45, 7) is 3.16. The first kappa shape index (κ1) is 17.7. The van der Waals surface area contributed by atoms with Gasteiger partial charge in [-0.05, 0) is 12.8 Å². The van der Waals surface area contributed by atoms with Gasteiger partial charge in [-0.15, -0.1) is 0 Å². The zero-order valence-electron chi connectivity index (χ0n) is 13.4. The van der Waals surface area contributed by atoms with E-state index in [9.17, 15) is 9.90 Å². The Bertz CT molecular complexity index is 388. The molecule has 0 saturated heterocycles. The van der Waals surface area contributed by atoms with Gasteiger partial charge in [-0.2, -0.15) is 0 Å². The van der Waals surface area contributed by atoms with Gasteiger partial charge in [0.15, 0.2) is 0 Å². The first-order valence-corrected chi connectivity index (χ1v) is 8.47. The molecule has 4 nitrogen and oxygen atoms in total. The topological polar surface area (TPSA) is 48.9 Å². The van der Waals surface area contributed by atoms with E-state index in [0.29, 0.717) is 0 Å². The van der Waals surface area contributed by atoms with E-state index in [0.717, 1.165) is 13.0 Å². The third-order valence-electron chi connectivity index (χ3n) is 3.83. The van der Waals surface area contributed by atoms with Crippen molar-refractivity contribution >= 4 is 5.97 Å². The maximum atomic E-state index is 10.5. The highest BCUT2D eigenvalue weighted by atomic mass is 16.4. The maximum Gasteiger partial charge on any atom is 0.244 e. The summed E-state index contributed by atoms with van der Waals surface area (Å²) in [6, 6.07) is 0. The molecule has 0 unspecified atom stereocenters. The second kappa shape index (κ2) is 11.4. The summed E-state index contributed by atoms with van der Waals surface area (Å²) in [6.07, 6.45) is 18.9. The van der Waals surface area contributed by atoms with E-state index in [4.69, 9.17) is 0 Å². The van der Waals surface area contributed by atoms with Crippen LogP contribution in [-0.2, 0) is 17.9 Å². The van der Waals surface area contributed by atoms with Crippen molar-refractivity contribution in [2.75, 3.05) is 0 Å². The minimum absolute atomic E-state index is 0.0645. The predicted molar refractivity (Wildman–Crippen MR) is 81.5 cm³/mol. The summed E-state index contributed by atoms with van der Waals surface area (Å²) in [4.78, 5) is 10.5. The molecule has 1 aromatic heterocycles. The second-order valence-electron chi connectivity index (χ2n) is 5.88. The van der Waals surface area contributed by atoms with Gasteiger partial charge in [-0.1, -0.05) is 58.3 Å². The van der Waals surface area contributed by atoms with Gasteiger partial charge in [-0.3, -0.25) is 0 Å². The molecule has 0 aromatic carbocycles. The molecule has 4 heteroatoms. The molecule has 0 amide bonds. The number of hydrogen-bond donors (Lipinski definition) is 0. The van der Waals surface area contributed by atoms with E-state index in [1.54, 1.807) is 10.8 Å². The molecule has 0 atom stereocenters. The highest BCUT2D eigenvalue weighted by Gasteiger charge is 2.03. The van der Waals surface area contributed by atoms with Gasteiger partial charge < -0.3 is 9.90 Å². The number of aliphatic carboxylic acids is 1. The molecule has 1 heterocycles. The average molecular weight is 294 g/mol. The number of carboxylic acids is 1. The van der Waals surface area contributed by atoms with E-state index < -0.39 is 5.97 Å². The number of aryl methyl sites for hydroxylation is 1. The number of aromatic nitrogens is 2. The Morgan fingerprint density at radius 1 is 1.00 bits per heavy atom. The molecule has 21 heavy (non-hydrogen) atoms. The molecular weight excluding hydrogens is 264 g/mol. The zero-order valence-corrected chi connectivity index (χ0v) is 13.4. The Balaban J connectivity index is 1.94. The van der Waals surface area contributed by atoms with Gasteiger partial charge >= 0.3 is 0 Å². The number of nitrogens with zero attached hydrogens (tertiary/aromatic N) is 2. The molecule has 1 aromatic rings. The van der Waals surface area contributed by atoms with Crippen molar-refractivity contribution in [1.82, 2.24) is 4.57 Å². The van der Waals surface area contributed by atoms with Crippen LogP contribution < -0.4 is 9.67 Å². The summed E-state index contributed by atoms with van der Waals surface area (Å²) in [7, 11) is 0. The third-order valence-corrected chi connectivity index (χ3v) is 3.83. The Hall–Kier alpha value is -1.32. The maximum absolute atomic E-state index is 10.5. The highest BCUT2D eigenvalue weighted by molar-refractivity contribution is 5.62. The number of unbranched alkanes of at least 4 members (excludes halogenated alkanes) is 9. The van der Waals surface area contributed by atoms with Crippen LogP contribution >= 0.6 is 0 Å². The minimum atomic E-state index is -1.04. The van der Waals surface area contributed by atoms with E-state index in [1.807, 2.05) is 17.1 Å².